The van der Waals surface area contributed by atoms with E-state index in [0.717, 1.165) is 5.56 Å². The molecule has 0 bridgehead atoms. The lowest BCUT2D eigenvalue weighted by molar-refractivity contribution is -0.154. The topological polar surface area (TPSA) is 78.0 Å². The average Bonchev–Trinajstić information content (AvgIpc) is 2.51. The van der Waals surface area contributed by atoms with E-state index >= 15 is 0 Å². The predicted octanol–water partition coefficient (Wildman–Crippen LogP) is 4.13. The van der Waals surface area contributed by atoms with Gasteiger partial charge in [-0.25, -0.2) is 9.78 Å². The summed E-state index contributed by atoms with van der Waals surface area (Å²) >= 11 is 0. The Morgan fingerprint density at radius 1 is 1.07 bits per heavy atom. The molecule has 0 radical (unpaired) electrons. The Morgan fingerprint density at radius 2 is 1.67 bits per heavy atom. The summed E-state index contributed by atoms with van der Waals surface area (Å²) in [4.78, 5) is 30.0. The molecule has 0 saturated heterocycles. The van der Waals surface area contributed by atoms with Crippen molar-refractivity contribution in [3.8, 4) is 5.88 Å². The monoisotopic (exact) mass is 380 g/mol. The summed E-state index contributed by atoms with van der Waals surface area (Å²) in [6.07, 6.45) is 2.63. The van der Waals surface area contributed by atoms with Crippen LogP contribution in [0.5, 0.6) is 5.88 Å². The largest absolute Gasteiger partial charge is 0.481 e. The predicted molar refractivity (Wildman–Crippen MR) is 104 cm³/mol. The molecule has 0 fully saturated rings. The van der Waals surface area contributed by atoms with Crippen LogP contribution in [0.3, 0.4) is 0 Å². The van der Waals surface area contributed by atoms with Gasteiger partial charge in [0.2, 0.25) is 5.88 Å². The number of rotatable bonds is 6. The number of nitrogens with zero attached hydrogens (tertiary/aromatic N) is 2. The number of hydrogen-bond acceptors (Lipinski definition) is 6. The van der Waals surface area contributed by atoms with Crippen molar-refractivity contribution < 1.29 is 23.8 Å². The molecule has 1 heterocycles. The fourth-order valence-electron chi connectivity index (χ4n) is 2.32. The quantitative estimate of drug-likeness (QED) is 0.691. The Morgan fingerprint density at radius 3 is 2.19 bits per heavy atom. The Bertz CT molecular complexity index is 659. The molecule has 1 aromatic rings. The third-order valence-corrected chi connectivity index (χ3v) is 3.42. The second kappa shape index (κ2) is 9.06. The van der Waals surface area contributed by atoms with Crippen LogP contribution in [-0.4, -0.2) is 42.4 Å². The number of hydrogen-bond donors (Lipinski definition) is 0. The molecule has 0 aliphatic heterocycles. The number of carbonyl (C=O) groups excluding carboxylic acids is 2. The van der Waals surface area contributed by atoms with E-state index in [1.807, 2.05) is 41.5 Å². The molecule has 0 spiro atoms. The molecule has 0 atom stereocenters. The molecule has 1 aromatic heterocycles. The van der Waals surface area contributed by atoms with Crippen molar-refractivity contribution in [2.45, 2.75) is 72.0 Å². The molecular formula is C20H32N2O5. The molecule has 152 valence electrons. The van der Waals surface area contributed by atoms with Crippen LogP contribution < -0.4 is 9.64 Å². The van der Waals surface area contributed by atoms with Gasteiger partial charge in [-0.2, -0.15) is 0 Å². The van der Waals surface area contributed by atoms with Gasteiger partial charge in [-0.05, 0) is 59.9 Å². The number of carbonyl (C=O) groups is 2. The lowest BCUT2D eigenvalue weighted by Crippen LogP contribution is -2.34. The van der Waals surface area contributed by atoms with E-state index in [1.165, 1.54) is 12.0 Å². The number of aryl methyl sites for hydroxylation is 1. The summed E-state index contributed by atoms with van der Waals surface area (Å²) in [7, 11) is 3.15. The van der Waals surface area contributed by atoms with Gasteiger partial charge < -0.3 is 14.2 Å². The lowest BCUT2D eigenvalue weighted by Gasteiger charge is -2.26. The van der Waals surface area contributed by atoms with E-state index in [2.05, 4.69) is 4.98 Å². The number of methoxy groups -OCH3 is 1. The van der Waals surface area contributed by atoms with E-state index in [-0.39, 0.29) is 5.97 Å². The Balaban J connectivity index is 2.88. The first-order valence-electron chi connectivity index (χ1n) is 9.04. The minimum atomic E-state index is -0.598. The number of amides is 1. The van der Waals surface area contributed by atoms with E-state index < -0.39 is 17.3 Å². The highest BCUT2D eigenvalue weighted by Crippen LogP contribution is 2.26. The molecule has 27 heavy (non-hydrogen) atoms. The highest BCUT2D eigenvalue weighted by Gasteiger charge is 2.23. The summed E-state index contributed by atoms with van der Waals surface area (Å²) in [6, 6.07) is 1.69. The molecule has 1 rings (SSSR count). The standard InChI is InChI=1S/C20H32N2O5/c1-19(2,3)26-17(23)11-9-10-14-13-21-16(25-8)12-15(14)22(7)18(24)27-20(4,5)6/h12-13H,9-11H2,1-8H3. The van der Waals surface area contributed by atoms with Gasteiger partial charge in [0, 0.05) is 25.7 Å². The smallest absolute Gasteiger partial charge is 0.414 e. The number of pyridine rings is 1. The SMILES string of the molecule is COc1cc(N(C)C(=O)OC(C)(C)C)c(CCCC(=O)OC(C)(C)C)cn1. The van der Waals surface area contributed by atoms with Crippen molar-refractivity contribution in [3.63, 3.8) is 0 Å². The minimum Gasteiger partial charge on any atom is -0.481 e. The normalized spacial score (nSPS) is 11.7. The van der Waals surface area contributed by atoms with Crippen molar-refractivity contribution in [2.75, 3.05) is 19.1 Å². The fourth-order valence-corrected chi connectivity index (χ4v) is 2.32. The van der Waals surface area contributed by atoms with Gasteiger partial charge in [0.15, 0.2) is 0 Å². The van der Waals surface area contributed by atoms with E-state index in [4.69, 9.17) is 14.2 Å². The Kier molecular flexibility index (Phi) is 7.63. The fraction of sp³-hybridized carbons (Fsp3) is 0.650. The summed E-state index contributed by atoms with van der Waals surface area (Å²) in [6.45, 7) is 11.0. The summed E-state index contributed by atoms with van der Waals surface area (Å²) in [5, 5.41) is 0. The van der Waals surface area contributed by atoms with Gasteiger partial charge in [0.25, 0.3) is 0 Å². The third-order valence-electron chi connectivity index (χ3n) is 3.42. The maximum Gasteiger partial charge on any atom is 0.414 e. The van der Waals surface area contributed by atoms with Crippen molar-refractivity contribution in [1.29, 1.82) is 0 Å². The maximum atomic E-state index is 12.4. The number of esters is 1. The molecule has 0 aliphatic carbocycles. The molecular weight excluding hydrogens is 348 g/mol. The molecule has 0 aliphatic rings. The molecule has 0 aromatic carbocycles. The Hall–Kier alpha value is -2.31. The van der Waals surface area contributed by atoms with Crippen LogP contribution in [-0.2, 0) is 20.7 Å². The third kappa shape index (κ3) is 8.28. The van der Waals surface area contributed by atoms with E-state index in [0.29, 0.717) is 30.8 Å². The number of aromatic nitrogens is 1. The van der Waals surface area contributed by atoms with Crippen molar-refractivity contribution in [3.05, 3.63) is 17.8 Å². The molecule has 7 nitrogen and oxygen atoms in total. The zero-order valence-corrected chi connectivity index (χ0v) is 17.7. The van der Waals surface area contributed by atoms with Crippen LogP contribution in [0, 0.1) is 0 Å². The van der Waals surface area contributed by atoms with Crippen molar-refractivity contribution in [2.24, 2.45) is 0 Å². The highest BCUT2D eigenvalue weighted by molar-refractivity contribution is 5.88. The van der Waals surface area contributed by atoms with Gasteiger partial charge in [0.1, 0.15) is 11.2 Å². The summed E-state index contributed by atoms with van der Waals surface area (Å²) in [5.41, 5.74) is 0.369. The van der Waals surface area contributed by atoms with Crippen molar-refractivity contribution in [1.82, 2.24) is 4.98 Å². The van der Waals surface area contributed by atoms with Crippen LogP contribution in [0.25, 0.3) is 0 Å². The van der Waals surface area contributed by atoms with Gasteiger partial charge in [0.05, 0.1) is 12.8 Å². The minimum absolute atomic E-state index is 0.244. The number of anilines is 1. The second-order valence-corrected chi connectivity index (χ2v) is 8.33. The van der Waals surface area contributed by atoms with Gasteiger partial charge in [-0.3, -0.25) is 9.69 Å². The first kappa shape index (κ1) is 22.7. The van der Waals surface area contributed by atoms with Crippen molar-refractivity contribution >= 4 is 17.7 Å². The molecule has 0 saturated carbocycles. The summed E-state index contributed by atoms with van der Waals surface area (Å²) in [5.74, 6) is 0.155. The lowest BCUT2D eigenvalue weighted by atomic mass is 10.1. The van der Waals surface area contributed by atoms with Gasteiger partial charge in [-0.1, -0.05) is 0 Å². The highest BCUT2D eigenvalue weighted by atomic mass is 16.6. The molecule has 0 N–H and O–H groups in total. The average molecular weight is 380 g/mol. The van der Waals surface area contributed by atoms with Crippen LogP contribution in [0.1, 0.15) is 59.9 Å². The number of ether oxygens (including phenoxy) is 3. The molecule has 1 amide bonds. The van der Waals surface area contributed by atoms with E-state index in [1.54, 1.807) is 19.3 Å². The Labute approximate surface area is 162 Å². The molecule has 7 heteroatoms. The second-order valence-electron chi connectivity index (χ2n) is 8.33. The first-order valence-corrected chi connectivity index (χ1v) is 9.04. The zero-order chi connectivity index (χ0) is 20.8. The van der Waals surface area contributed by atoms with Crippen LogP contribution in [0.15, 0.2) is 12.3 Å². The van der Waals surface area contributed by atoms with E-state index in [9.17, 15) is 9.59 Å². The van der Waals surface area contributed by atoms with Gasteiger partial charge in [-0.15, -0.1) is 0 Å². The summed E-state index contributed by atoms with van der Waals surface area (Å²) < 4.78 is 15.9. The van der Waals surface area contributed by atoms with Gasteiger partial charge >= 0.3 is 12.1 Å². The van der Waals surface area contributed by atoms with Crippen LogP contribution in [0.2, 0.25) is 0 Å². The maximum absolute atomic E-state index is 12.4. The van der Waals surface area contributed by atoms with Crippen LogP contribution in [0.4, 0.5) is 10.5 Å². The zero-order valence-electron chi connectivity index (χ0n) is 17.7. The molecule has 0 unspecified atom stereocenters. The van der Waals surface area contributed by atoms with Crippen LogP contribution >= 0.6 is 0 Å². The first-order chi connectivity index (χ1) is 12.3.